The van der Waals surface area contributed by atoms with Gasteiger partial charge in [-0.05, 0) is 30.0 Å². The molecule has 4 rings (SSSR count). The number of rotatable bonds is 4. The number of hydrogen-bond acceptors (Lipinski definition) is 7. The van der Waals surface area contributed by atoms with E-state index in [0.717, 1.165) is 15.8 Å². The van der Waals surface area contributed by atoms with Gasteiger partial charge in [0.05, 0.1) is 15.1 Å². The second-order valence-corrected chi connectivity index (χ2v) is 7.34. The SMILES string of the molecule is Cc1cccc2sc(NC(=O)c3coc(NC(=O)c4cccs4)n3)nc12. The number of hydrogen-bond donors (Lipinski definition) is 2. The Morgan fingerprint density at radius 1 is 1.08 bits per heavy atom. The lowest BCUT2D eigenvalue weighted by molar-refractivity contribution is 0.101. The van der Waals surface area contributed by atoms with E-state index >= 15 is 0 Å². The number of aryl methyl sites for hydroxylation is 1. The number of aromatic nitrogens is 2. The van der Waals surface area contributed by atoms with E-state index in [-0.39, 0.29) is 17.6 Å². The average Bonchev–Trinajstić information content (AvgIpc) is 3.35. The first-order valence-corrected chi connectivity index (χ1v) is 9.27. The molecule has 0 saturated heterocycles. The monoisotopic (exact) mass is 384 g/mol. The van der Waals surface area contributed by atoms with E-state index in [9.17, 15) is 9.59 Å². The summed E-state index contributed by atoms with van der Waals surface area (Å²) in [5, 5.41) is 7.49. The number of carbonyl (C=O) groups excluding carboxylic acids is 2. The number of nitrogens with one attached hydrogen (secondary N) is 2. The van der Waals surface area contributed by atoms with Crippen LogP contribution in [0.3, 0.4) is 0 Å². The Hall–Kier alpha value is -3.04. The highest BCUT2D eigenvalue weighted by Crippen LogP contribution is 2.28. The van der Waals surface area contributed by atoms with Crippen molar-refractivity contribution in [1.82, 2.24) is 9.97 Å². The topological polar surface area (TPSA) is 97.1 Å². The minimum Gasteiger partial charge on any atom is -0.431 e. The van der Waals surface area contributed by atoms with Crippen molar-refractivity contribution in [3.05, 3.63) is 58.1 Å². The molecule has 0 spiro atoms. The van der Waals surface area contributed by atoms with E-state index in [4.69, 9.17) is 4.42 Å². The summed E-state index contributed by atoms with van der Waals surface area (Å²) in [6.45, 7) is 1.97. The van der Waals surface area contributed by atoms with Crippen LogP contribution in [-0.2, 0) is 0 Å². The molecular weight excluding hydrogens is 372 g/mol. The fraction of sp³-hybridized carbons (Fsp3) is 0.0588. The lowest BCUT2D eigenvalue weighted by Gasteiger charge is -1.97. The molecule has 3 heterocycles. The lowest BCUT2D eigenvalue weighted by Crippen LogP contribution is -2.13. The van der Waals surface area contributed by atoms with Crippen molar-refractivity contribution in [3.8, 4) is 0 Å². The van der Waals surface area contributed by atoms with Crippen molar-refractivity contribution in [2.75, 3.05) is 10.6 Å². The van der Waals surface area contributed by atoms with Crippen LogP contribution >= 0.6 is 22.7 Å². The zero-order valence-electron chi connectivity index (χ0n) is 13.5. The lowest BCUT2D eigenvalue weighted by atomic mass is 10.2. The molecule has 1 aromatic carbocycles. The predicted octanol–water partition coefficient (Wildman–Crippen LogP) is 4.16. The fourth-order valence-corrected chi connectivity index (χ4v) is 3.86. The van der Waals surface area contributed by atoms with Gasteiger partial charge in [0.2, 0.25) is 0 Å². The van der Waals surface area contributed by atoms with E-state index in [0.29, 0.717) is 10.0 Å². The largest absolute Gasteiger partial charge is 0.431 e. The summed E-state index contributed by atoms with van der Waals surface area (Å²) in [4.78, 5) is 33.2. The highest BCUT2D eigenvalue weighted by atomic mass is 32.1. The normalized spacial score (nSPS) is 10.8. The maximum Gasteiger partial charge on any atom is 0.302 e. The number of fused-ring (bicyclic) bond motifs is 1. The van der Waals surface area contributed by atoms with Crippen LogP contribution in [0.1, 0.15) is 25.7 Å². The number of thiophene rings is 1. The Bertz CT molecular complexity index is 1100. The fourth-order valence-electron chi connectivity index (χ4n) is 2.30. The summed E-state index contributed by atoms with van der Waals surface area (Å²) in [5.41, 5.74) is 1.96. The van der Waals surface area contributed by atoms with Crippen molar-refractivity contribution in [3.63, 3.8) is 0 Å². The van der Waals surface area contributed by atoms with Gasteiger partial charge in [0, 0.05) is 0 Å². The minimum absolute atomic E-state index is 0.0336. The van der Waals surface area contributed by atoms with Gasteiger partial charge in [0.25, 0.3) is 11.8 Å². The highest BCUT2D eigenvalue weighted by molar-refractivity contribution is 7.22. The van der Waals surface area contributed by atoms with E-state index in [1.54, 1.807) is 17.5 Å². The van der Waals surface area contributed by atoms with Crippen LogP contribution < -0.4 is 10.6 Å². The van der Waals surface area contributed by atoms with Gasteiger partial charge in [-0.25, -0.2) is 4.98 Å². The second-order valence-electron chi connectivity index (χ2n) is 5.36. The zero-order valence-corrected chi connectivity index (χ0v) is 15.1. The standard InChI is InChI=1S/C17H12N4O3S2/c1-9-4-2-5-11-13(9)19-17(26-11)21-14(22)10-8-24-16(18-10)20-15(23)12-6-3-7-25-12/h2-8H,1H3,(H,18,20,23)(H,19,21,22). The quantitative estimate of drug-likeness (QED) is 0.551. The number of amides is 2. The van der Waals surface area contributed by atoms with E-state index < -0.39 is 5.91 Å². The van der Waals surface area contributed by atoms with E-state index in [1.165, 1.54) is 28.9 Å². The van der Waals surface area contributed by atoms with E-state index in [2.05, 4.69) is 20.6 Å². The number of nitrogens with zero attached hydrogens (tertiary/aromatic N) is 2. The van der Waals surface area contributed by atoms with Crippen molar-refractivity contribution < 1.29 is 14.0 Å². The zero-order chi connectivity index (χ0) is 18.1. The molecule has 9 heteroatoms. The molecule has 2 amide bonds. The molecule has 7 nitrogen and oxygen atoms in total. The van der Waals surface area contributed by atoms with Crippen LogP contribution in [0, 0.1) is 6.92 Å². The molecule has 0 unspecified atom stereocenters. The average molecular weight is 384 g/mol. The molecule has 26 heavy (non-hydrogen) atoms. The Balaban J connectivity index is 1.47. The number of carbonyl (C=O) groups is 2. The Labute approximate surface area is 155 Å². The van der Waals surface area contributed by atoms with Crippen molar-refractivity contribution >= 4 is 55.9 Å². The maximum absolute atomic E-state index is 12.3. The maximum atomic E-state index is 12.3. The summed E-state index contributed by atoms with van der Waals surface area (Å²) < 4.78 is 6.14. The first-order valence-electron chi connectivity index (χ1n) is 7.58. The van der Waals surface area contributed by atoms with Crippen molar-refractivity contribution in [2.45, 2.75) is 6.92 Å². The molecule has 0 fully saturated rings. The molecule has 0 aliphatic heterocycles. The van der Waals surface area contributed by atoms with Crippen molar-refractivity contribution in [2.24, 2.45) is 0 Å². The second kappa shape index (κ2) is 6.70. The number of para-hydroxylation sites is 1. The number of oxazole rings is 1. The Morgan fingerprint density at radius 3 is 2.73 bits per heavy atom. The number of thiazole rings is 1. The molecular formula is C17H12N4O3S2. The third-order valence-corrected chi connectivity index (χ3v) is 5.35. The van der Waals surface area contributed by atoms with Gasteiger partial charge in [-0.2, -0.15) is 4.98 Å². The predicted molar refractivity (Wildman–Crippen MR) is 101 cm³/mol. The summed E-state index contributed by atoms with van der Waals surface area (Å²) in [6.07, 6.45) is 1.19. The molecule has 2 N–H and O–H groups in total. The minimum atomic E-state index is -0.456. The van der Waals surface area contributed by atoms with Gasteiger partial charge < -0.3 is 4.42 Å². The molecule has 0 saturated carbocycles. The Kier molecular flexibility index (Phi) is 4.23. The number of anilines is 2. The van der Waals surface area contributed by atoms with E-state index in [1.807, 2.05) is 25.1 Å². The van der Waals surface area contributed by atoms with Crippen molar-refractivity contribution in [1.29, 1.82) is 0 Å². The summed E-state index contributed by atoms with van der Waals surface area (Å²) >= 11 is 2.68. The summed E-state index contributed by atoms with van der Waals surface area (Å²) in [6, 6.07) is 9.28. The molecule has 4 aromatic rings. The Morgan fingerprint density at radius 2 is 1.96 bits per heavy atom. The summed E-state index contributed by atoms with van der Waals surface area (Å²) in [7, 11) is 0. The third-order valence-electron chi connectivity index (χ3n) is 3.54. The van der Waals surface area contributed by atoms with Gasteiger partial charge in [0.1, 0.15) is 6.26 Å². The van der Waals surface area contributed by atoms with Crippen LogP contribution in [0.4, 0.5) is 11.1 Å². The van der Waals surface area contributed by atoms with Gasteiger partial charge in [0.15, 0.2) is 10.8 Å². The molecule has 0 atom stereocenters. The van der Waals surface area contributed by atoms with Crippen LogP contribution in [0.2, 0.25) is 0 Å². The van der Waals surface area contributed by atoms with Crippen LogP contribution in [0.5, 0.6) is 0 Å². The summed E-state index contributed by atoms with van der Waals surface area (Å²) in [5.74, 6) is -0.794. The molecule has 3 aromatic heterocycles. The third kappa shape index (κ3) is 3.22. The van der Waals surface area contributed by atoms with Crippen LogP contribution in [0.15, 0.2) is 46.4 Å². The smallest absolute Gasteiger partial charge is 0.302 e. The molecule has 130 valence electrons. The van der Waals surface area contributed by atoms with Gasteiger partial charge in [-0.3, -0.25) is 20.2 Å². The van der Waals surface area contributed by atoms with Gasteiger partial charge in [-0.15, -0.1) is 11.3 Å². The first-order chi connectivity index (χ1) is 12.6. The molecule has 0 bridgehead atoms. The van der Waals surface area contributed by atoms with Gasteiger partial charge >= 0.3 is 6.01 Å². The van der Waals surface area contributed by atoms with Gasteiger partial charge in [-0.1, -0.05) is 29.5 Å². The molecule has 0 radical (unpaired) electrons. The molecule has 0 aliphatic carbocycles. The highest BCUT2D eigenvalue weighted by Gasteiger charge is 2.17. The number of benzene rings is 1. The molecule has 0 aliphatic rings. The first kappa shape index (κ1) is 16.4. The van der Waals surface area contributed by atoms with Crippen LogP contribution in [-0.4, -0.2) is 21.8 Å². The van der Waals surface area contributed by atoms with Crippen LogP contribution in [0.25, 0.3) is 10.2 Å².